The Bertz CT molecular complexity index is 1260. The van der Waals surface area contributed by atoms with Gasteiger partial charge in [0.15, 0.2) is 23.2 Å². The number of benzene rings is 1. The molecular weight excluding hydrogens is 488 g/mol. The molecular formula is C23H24ClF2N3O4S. The summed E-state index contributed by atoms with van der Waals surface area (Å²) in [5.41, 5.74) is 0.0164. The summed E-state index contributed by atoms with van der Waals surface area (Å²) in [6, 6.07) is 4.20. The molecule has 2 heterocycles. The standard InChI is InChI=1S/C23H24ClF2N3O4S/c1-23(10-29(11-23)21-18(25)8-15(24)9-27-21)12-33-19-7-14(13-2-3-13)6-17(20(19)26)22(30)28-34(31,32)16-4-5-16/h6-9,13,16H,2-5,10-12H2,1H3,(H,28,30). The second-order valence-electron chi connectivity index (χ2n) is 9.74. The van der Waals surface area contributed by atoms with Crippen LogP contribution in [0.2, 0.25) is 5.02 Å². The van der Waals surface area contributed by atoms with Crippen LogP contribution in [-0.2, 0) is 10.0 Å². The normalized spacial score (nSPS) is 19.5. The maximum Gasteiger partial charge on any atom is 0.267 e. The molecule has 2 saturated carbocycles. The molecule has 0 radical (unpaired) electrons. The summed E-state index contributed by atoms with van der Waals surface area (Å²) in [4.78, 5) is 18.4. The number of sulfonamides is 1. The third-order valence-corrected chi connectivity index (χ3v) is 8.39. The summed E-state index contributed by atoms with van der Waals surface area (Å²) < 4.78 is 61.5. The highest BCUT2D eigenvalue weighted by molar-refractivity contribution is 7.91. The van der Waals surface area contributed by atoms with Gasteiger partial charge in [0.25, 0.3) is 5.91 Å². The van der Waals surface area contributed by atoms with E-state index in [4.69, 9.17) is 16.3 Å². The molecule has 0 atom stereocenters. The molecule has 1 saturated heterocycles. The van der Waals surface area contributed by atoms with Crippen LogP contribution in [0.15, 0.2) is 24.4 Å². The highest BCUT2D eigenvalue weighted by Crippen LogP contribution is 2.43. The van der Waals surface area contributed by atoms with Crippen molar-refractivity contribution in [1.82, 2.24) is 9.71 Å². The van der Waals surface area contributed by atoms with Crippen molar-refractivity contribution in [3.05, 3.63) is 52.2 Å². The van der Waals surface area contributed by atoms with Gasteiger partial charge < -0.3 is 9.64 Å². The predicted molar refractivity (Wildman–Crippen MR) is 123 cm³/mol. The molecule has 11 heteroatoms. The van der Waals surface area contributed by atoms with Crippen LogP contribution in [0.25, 0.3) is 0 Å². The Morgan fingerprint density at radius 1 is 1.24 bits per heavy atom. The van der Waals surface area contributed by atoms with E-state index in [1.165, 1.54) is 18.3 Å². The minimum absolute atomic E-state index is 0.0890. The van der Waals surface area contributed by atoms with E-state index in [0.717, 1.165) is 18.4 Å². The van der Waals surface area contributed by atoms with Gasteiger partial charge in [0, 0.05) is 24.7 Å². The highest BCUT2D eigenvalue weighted by Gasteiger charge is 2.42. The van der Waals surface area contributed by atoms with Gasteiger partial charge in [-0.2, -0.15) is 0 Å². The largest absolute Gasteiger partial charge is 0.490 e. The number of rotatable bonds is 8. The molecule has 0 bridgehead atoms. The SMILES string of the molecule is CC1(COc2cc(C3CC3)cc(C(=O)NS(=O)(=O)C3CC3)c2F)CN(c2ncc(Cl)cc2F)C1. The first-order valence-electron chi connectivity index (χ1n) is 11.1. The predicted octanol–water partition coefficient (Wildman–Crippen LogP) is 4.02. The molecule has 0 unspecified atom stereocenters. The maximum atomic E-state index is 15.2. The number of halogens is 3. The number of carbonyl (C=O) groups is 1. The zero-order valence-electron chi connectivity index (χ0n) is 18.5. The van der Waals surface area contributed by atoms with E-state index >= 15 is 4.39 Å². The molecule has 1 aliphatic heterocycles. The van der Waals surface area contributed by atoms with Crippen molar-refractivity contribution in [3.63, 3.8) is 0 Å². The molecule has 34 heavy (non-hydrogen) atoms. The van der Waals surface area contributed by atoms with Crippen molar-refractivity contribution in [1.29, 1.82) is 0 Å². The van der Waals surface area contributed by atoms with Gasteiger partial charge in [0.2, 0.25) is 10.0 Å². The lowest BCUT2D eigenvalue weighted by atomic mass is 9.83. The minimum atomic E-state index is -3.81. The highest BCUT2D eigenvalue weighted by atomic mass is 35.5. The molecule has 5 rings (SSSR count). The van der Waals surface area contributed by atoms with Crippen molar-refractivity contribution < 1.29 is 26.7 Å². The quantitative estimate of drug-likeness (QED) is 0.576. The lowest BCUT2D eigenvalue weighted by Gasteiger charge is -2.48. The summed E-state index contributed by atoms with van der Waals surface area (Å²) in [6.07, 6.45) is 4.19. The van der Waals surface area contributed by atoms with Gasteiger partial charge in [-0.1, -0.05) is 18.5 Å². The molecule has 7 nitrogen and oxygen atoms in total. The maximum absolute atomic E-state index is 15.2. The van der Waals surface area contributed by atoms with Gasteiger partial charge in [-0.25, -0.2) is 26.9 Å². The van der Waals surface area contributed by atoms with Gasteiger partial charge in [-0.05, 0) is 55.4 Å². The lowest BCUT2D eigenvalue weighted by Crippen LogP contribution is -2.58. The van der Waals surface area contributed by atoms with Crippen molar-refractivity contribution in [2.24, 2.45) is 5.41 Å². The van der Waals surface area contributed by atoms with Crippen LogP contribution in [0.3, 0.4) is 0 Å². The molecule has 1 aromatic carbocycles. The number of hydrogen-bond acceptors (Lipinski definition) is 6. The Hall–Kier alpha value is -2.46. The van der Waals surface area contributed by atoms with Gasteiger partial charge in [0.05, 0.1) is 22.4 Å². The van der Waals surface area contributed by atoms with Gasteiger partial charge in [-0.3, -0.25) is 4.79 Å². The van der Waals surface area contributed by atoms with E-state index in [-0.39, 0.29) is 34.7 Å². The Balaban J connectivity index is 1.30. The Labute approximate surface area is 201 Å². The molecule has 1 aromatic heterocycles. The molecule has 2 aromatic rings. The number of amides is 1. The van der Waals surface area contributed by atoms with Gasteiger partial charge >= 0.3 is 0 Å². The first kappa shape index (κ1) is 23.3. The molecule has 1 N–H and O–H groups in total. The van der Waals surface area contributed by atoms with E-state index in [1.807, 2.05) is 11.6 Å². The third-order valence-electron chi connectivity index (χ3n) is 6.36. The second kappa shape index (κ2) is 8.34. The van der Waals surface area contributed by atoms with Crippen LogP contribution in [0.5, 0.6) is 5.75 Å². The smallest absolute Gasteiger partial charge is 0.267 e. The van der Waals surface area contributed by atoms with Crippen molar-refractivity contribution >= 4 is 33.3 Å². The summed E-state index contributed by atoms with van der Waals surface area (Å²) in [5.74, 6) is -2.09. The van der Waals surface area contributed by atoms with Crippen LogP contribution in [-0.4, -0.2) is 44.3 Å². The number of nitrogens with one attached hydrogen (secondary N) is 1. The number of aromatic nitrogens is 1. The number of anilines is 1. The fourth-order valence-corrected chi connectivity index (χ4v) is 5.63. The van der Waals surface area contributed by atoms with Crippen molar-refractivity contribution in [2.75, 3.05) is 24.6 Å². The lowest BCUT2D eigenvalue weighted by molar-refractivity contribution is 0.0973. The second-order valence-corrected chi connectivity index (χ2v) is 12.1. The average molecular weight is 512 g/mol. The first-order chi connectivity index (χ1) is 16.0. The first-order valence-corrected chi connectivity index (χ1v) is 13.1. The third kappa shape index (κ3) is 4.70. The Morgan fingerprint density at radius 3 is 2.56 bits per heavy atom. The molecule has 2 aliphatic carbocycles. The van der Waals surface area contributed by atoms with E-state index in [1.54, 1.807) is 11.0 Å². The number of nitrogens with zero attached hydrogens (tertiary/aromatic N) is 2. The van der Waals surface area contributed by atoms with E-state index in [0.29, 0.717) is 25.9 Å². The van der Waals surface area contributed by atoms with Crippen LogP contribution in [0, 0.1) is 17.0 Å². The topological polar surface area (TPSA) is 88.6 Å². The van der Waals surface area contributed by atoms with Crippen LogP contribution >= 0.6 is 11.6 Å². The minimum Gasteiger partial charge on any atom is -0.490 e. The molecule has 0 spiro atoms. The van der Waals surface area contributed by atoms with Crippen LogP contribution < -0.4 is 14.4 Å². The number of ether oxygens (including phenoxy) is 1. The summed E-state index contributed by atoms with van der Waals surface area (Å²) in [5, 5.41) is -0.382. The van der Waals surface area contributed by atoms with Crippen molar-refractivity contribution in [3.8, 4) is 5.75 Å². The van der Waals surface area contributed by atoms with Gasteiger partial charge in [-0.15, -0.1) is 0 Å². The van der Waals surface area contributed by atoms with Gasteiger partial charge in [0.1, 0.15) is 0 Å². The number of hydrogen-bond donors (Lipinski definition) is 1. The van der Waals surface area contributed by atoms with E-state index in [2.05, 4.69) is 4.98 Å². The fourth-order valence-electron chi connectivity index (χ4n) is 4.20. The zero-order chi connectivity index (χ0) is 24.3. The zero-order valence-corrected chi connectivity index (χ0v) is 20.1. The Kier molecular flexibility index (Phi) is 5.71. The van der Waals surface area contributed by atoms with Crippen LogP contribution in [0.4, 0.5) is 14.6 Å². The van der Waals surface area contributed by atoms with E-state index < -0.39 is 38.2 Å². The molecule has 3 aliphatic rings. The van der Waals surface area contributed by atoms with Crippen LogP contribution in [0.1, 0.15) is 54.4 Å². The summed E-state index contributed by atoms with van der Waals surface area (Å²) in [7, 11) is -3.81. The van der Waals surface area contributed by atoms with Crippen molar-refractivity contribution in [2.45, 2.75) is 43.8 Å². The average Bonchev–Trinajstić information content (AvgIpc) is 3.62. The number of carbonyl (C=O) groups excluding carboxylic acids is 1. The summed E-state index contributed by atoms with van der Waals surface area (Å²) in [6.45, 7) is 2.94. The fraction of sp³-hybridized carbons (Fsp3) is 0.478. The molecule has 1 amide bonds. The Morgan fingerprint density at radius 2 is 1.94 bits per heavy atom. The monoisotopic (exact) mass is 511 g/mol. The molecule has 3 fully saturated rings. The van der Waals surface area contributed by atoms with E-state index in [9.17, 15) is 17.6 Å². The molecule has 182 valence electrons. The number of pyridine rings is 1. The summed E-state index contributed by atoms with van der Waals surface area (Å²) >= 11 is 5.76.